The van der Waals surface area contributed by atoms with Crippen molar-refractivity contribution in [2.24, 2.45) is 0 Å². The average Bonchev–Trinajstić information content (AvgIpc) is 2.85. The third-order valence-electron chi connectivity index (χ3n) is 3.03. The Hall–Kier alpha value is -2.04. The van der Waals surface area contributed by atoms with Crippen LogP contribution in [0, 0.1) is 0 Å². The monoisotopic (exact) mass is 306 g/mol. The Kier molecular flexibility index (Phi) is 3.12. The summed E-state index contributed by atoms with van der Waals surface area (Å²) in [6, 6.07) is 10.1. The first-order valence-electron chi connectivity index (χ1n) is 5.74. The van der Waals surface area contributed by atoms with Gasteiger partial charge >= 0.3 is 5.97 Å². The third kappa shape index (κ3) is 1.94. The summed E-state index contributed by atoms with van der Waals surface area (Å²) in [7, 11) is 0. The molecule has 3 aromatic rings. The molecule has 0 aliphatic heterocycles. The minimum atomic E-state index is -1.02. The number of aromatic amines is 1. The standard InChI is InChI=1S/C14H8Cl2N2O2/c15-9-5-1-4-8(12(9)16)13-11-7(14(19)20)3-2-6-10(11)17-18-13/h1-6H,(H,17,18)(H,19,20). The van der Waals surface area contributed by atoms with Gasteiger partial charge in [0.05, 0.1) is 21.1 Å². The first-order valence-corrected chi connectivity index (χ1v) is 6.50. The molecule has 0 unspecified atom stereocenters. The van der Waals surface area contributed by atoms with Crippen LogP contribution >= 0.6 is 23.2 Å². The van der Waals surface area contributed by atoms with Crippen LogP contribution in [-0.4, -0.2) is 21.3 Å². The molecule has 0 spiro atoms. The molecule has 4 nitrogen and oxygen atoms in total. The van der Waals surface area contributed by atoms with Crippen LogP contribution < -0.4 is 0 Å². The normalized spacial score (nSPS) is 10.9. The zero-order valence-electron chi connectivity index (χ0n) is 10.0. The number of hydrogen-bond acceptors (Lipinski definition) is 2. The minimum Gasteiger partial charge on any atom is -0.478 e. The van der Waals surface area contributed by atoms with Crippen LogP contribution in [-0.2, 0) is 0 Å². The van der Waals surface area contributed by atoms with E-state index >= 15 is 0 Å². The van der Waals surface area contributed by atoms with Crippen molar-refractivity contribution in [3.05, 3.63) is 52.0 Å². The molecule has 0 atom stereocenters. The number of benzene rings is 2. The van der Waals surface area contributed by atoms with Gasteiger partial charge in [-0.2, -0.15) is 5.10 Å². The molecule has 0 aliphatic rings. The number of aromatic carboxylic acids is 1. The van der Waals surface area contributed by atoms with Crippen molar-refractivity contribution in [3.8, 4) is 11.3 Å². The Morgan fingerprint density at radius 2 is 1.90 bits per heavy atom. The number of carboxylic acid groups (broad SMARTS) is 1. The number of halogens is 2. The van der Waals surface area contributed by atoms with E-state index in [-0.39, 0.29) is 5.56 Å². The van der Waals surface area contributed by atoms with E-state index in [1.807, 2.05) is 0 Å². The minimum absolute atomic E-state index is 0.169. The number of nitrogens with zero attached hydrogens (tertiary/aromatic N) is 1. The molecule has 3 rings (SSSR count). The number of fused-ring (bicyclic) bond motifs is 1. The van der Waals surface area contributed by atoms with Crippen molar-refractivity contribution in [1.29, 1.82) is 0 Å². The number of carboxylic acids is 1. The number of aromatic nitrogens is 2. The van der Waals surface area contributed by atoms with Crippen molar-refractivity contribution >= 4 is 40.1 Å². The number of H-pyrrole nitrogens is 1. The first-order chi connectivity index (χ1) is 9.59. The van der Waals surface area contributed by atoms with Crippen LogP contribution in [0.1, 0.15) is 10.4 Å². The molecule has 0 amide bonds. The Labute approximate surface area is 123 Å². The smallest absolute Gasteiger partial charge is 0.336 e. The molecule has 0 fully saturated rings. The van der Waals surface area contributed by atoms with Crippen LogP contribution in [0.15, 0.2) is 36.4 Å². The number of carbonyl (C=O) groups is 1. The Balaban J connectivity index is 2.38. The fourth-order valence-electron chi connectivity index (χ4n) is 2.13. The highest BCUT2D eigenvalue weighted by atomic mass is 35.5. The summed E-state index contributed by atoms with van der Waals surface area (Å²) in [5.74, 6) is -1.02. The second-order valence-corrected chi connectivity index (χ2v) is 4.99. The molecule has 1 heterocycles. The highest BCUT2D eigenvalue weighted by Gasteiger charge is 2.18. The van der Waals surface area contributed by atoms with E-state index in [0.717, 1.165) is 0 Å². The molecule has 0 radical (unpaired) electrons. The molecule has 0 aliphatic carbocycles. The SMILES string of the molecule is O=C(O)c1cccc2[nH]nc(-c3cccc(Cl)c3Cl)c12. The van der Waals surface area contributed by atoms with Crippen LogP contribution in [0.25, 0.3) is 22.2 Å². The average molecular weight is 307 g/mol. The molecule has 100 valence electrons. The van der Waals surface area contributed by atoms with Gasteiger partial charge < -0.3 is 5.11 Å². The maximum Gasteiger partial charge on any atom is 0.336 e. The van der Waals surface area contributed by atoms with E-state index in [1.54, 1.807) is 30.3 Å². The van der Waals surface area contributed by atoms with Crippen molar-refractivity contribution in [2.75, 3.05) is 0 Å². The lowest BCUT2D eigenvalue weighted by Crippen LogP contribution is -1.97. The quantitative estimate of drug-likeness (QED) is 0.744. The summed E-state index contributed by atoms with van der Waals surface area (Å²) < 4.78 is 0. The molecule has 6 heteroatoms. The number of hydrogen-bond donors (Lipinski definition) is 2. The molecule has 1 aromatic heterocycles. The van der Waals surface area contributed by atoms with Crippen molar-refractivity contribution < 1.29 is 9.90 Å². The van der Waals surface area contributed by atoms with Gasteiger partial charge in [-0.25, -0.2) is 4.79 Å². The van der Waals surface area contributed by atoms with Gasteiger partial charge in [0, 0.05) is 10.9 Å². The van der Waals surface area contributed by atoms with Crippen LogP contribution in [0.4, 0.5) is 0 Å². The largest absolute Gasteiger partial charge is 0.478 e. The van der Waals surface area contributed by atoms with Crippen molar-refractivity contribution in [1.82, 2.24) is 10.2 Å². The fourth-order valence-corrected chi connectivity index (χ4v) is 2.52. The highest BCUT2D eigenvalue weighted by molar-refractivity contribution is 6.43. The van der Waals surface area contributed by atoms with Gasteiger partial charge in [-0.3, -0.25) is 5.10 Å². The van der Waals surface area contributed by atoms with E-state index in [4.69, 9.17) is 23.2 Å². The van der Waals surface area contributed by atoms with Gasteiger partial charge in [0.15, 0.2) is 0 Å². The second-order valence-electron chi connectivity index (χ2n) is 4.21. The predicted molar refractivity (Wildman–Crippen MR) is 78.5 cm³/mol. The lowest BCUT2D eigenvalue weighted by Gasteiger charge is -2.04. The maximum absolute atomic E-state index is 11.3. The summed E-state index contributed by atoms with van der Waals surface area (Å²) >= 11 is 12.2. The van der Waals surface area contributed by atoms with Gasteiger partial charge in [0.25, 0.3) is 0 Å². The topological polar surface area (TPSA) is 66.0 Å². The first kappa shape index (κ1) is 13.0. The van der Waals surface area contributed by atoms with E-state index in [0.29, 0.717) is 32.2 Å². The van der Waals surface area contributed by atoms with Crippen LogP contribution in [0.3, 0.4) is 0 Å². The van der Waals surface area contributed by atoms with Crippen molar-refractivity contribution in [3.63, 3.8) is 0 Å². The Morgan fingerprint density at radius 3 is 2.65 bits per heavy atom. The molecule has 2 aromatic carbocycles. The molecular formula is C14H8Cl2N2O2. The van der Waals surface area contributed by atoms with E-state index in [9.17, 15) is 9.90 Å². The zero-order valence-corrected chi connectivity index (χ0v) is 11.5. The fraction of sp³-hybridized carbons (Fsp3) is 0. The van der Waals surface area contributed by atoms with E-state index < -0.39 is 5.97 Å². The Bertz CT molecular complexity index is 827. The van der Waals surface area contributed by atoms with Gasteiger partial charge in [0.1, 0.15) is 5.69 Å². The zero-order chi connectivity index (χ0) is 14.3. The second kappa shape index (κ2) is 4.81. The molecular weight excluding hydrogens is 299 g/mol. The summed E-state index contributed by atoms with van der Waals surface area (Å²) in [6.07, 6.45) is 0. The van der Waals surface area contributed by atoms with Crippen molar-refractivity contribution in [2.45, 2.75) is 0 Å². The molecule has 0 saturated carbocycles. The molecule has 0 saturated heterocycles. The summed E-state index contributed by atoms with van der Waals surface area (Å²) in [6.45, 7) is 0. The summed E-state index contributed by atoms with van der Waals surface area (Å²) in [4.78, 5) is 11.3. The predicted octanol–water partition coefficient (Wildman–Crippen LogP) is 4.23. The van der Waals surface area contributed by atoms with Gasteiger partial charge in [-0.05, 0) is 18.2 Å². The van der Waals surface area contributed by atoms with E-state index in [2.05, 4.69) is 10.2 Å². The molecule has 0 bridgehead atoms. The summed E-state index contributed by atoms with van der Waals surface area (Å²) in [5.41, 5.74) is 1.88. The summed E-state index contributed by atoms with van der Waals surface area (Å²) in [5, 5.41) is 17.6. The third-order valence-corrected chi connectivity index (χ3v) is 3.85. The maximum atomic E-state index is 11.3. The number of rotatable bonds is 2. The molecule has 2 N–H and O–H groups in total. The lowest BCUT2D eigenvalue weighted by atomic mass is 10.0. The highest BCUT2D eigenvalue weighted by Crippen LogP contribution is 2.36. The van der Waals surface area contributed by atoms with Gasteiger partial charge in [0.2, 0.25) is 0 Å². The van der Waals surface area contributed by atoms with Gasteiger partial charge in [-0.15, -0.1) is 0 Å². The van der Waals surface area contributed by atoms with Crippen LogP contribution in [0.5, 0.6) is 0 Å². The van der Waals surface area contributed by atoms with E-state index in [1.165, 1.54) is 6.07 Å². The van der Waals surface area contributed by atoms with Gasteiger partial charge in [-0.1, -0.05) is 41.4 Å². The Morgan fingerprint density at radius 1 is 1.15 bits per heavy atom. The number of nitrogens with one attached hydrogen (secondary N) is 1. The molecule has 20 heavy (non-hydrogen) atoms. The lowest BCUT2D eigenvalue weighted by molar-refractivity contribution is 0.0699. The van der Waals surface area contributed by atoms with Crippen LogP contribution in [0.2, 0.25) is 10.0 Å².